The topological polar surface area (TPSA) is 58.2 Å². The molecule has 6 heteroatoms. The Kier molecular flexibility index (Phi) is 6.46. The van der Waals surface area contributed by atoms with Crippen molar-refractivity contribution < 1.29 is 8.42 Å². The van der Waals surface area contributed by atoms with Crippen LogP contribution >= 0.6 is 15.9 Å². The first-order valence-electron chi connectivity index (χ1n) is 6.35. The highest BCUT2D eigenvalue weighted by Gasteiger charge is 2.18. The van der Waals surface area contributed by atoms with Gasteiger partial charge in [0, 0.05) is 17.6 Å². The van der Waals surface area contributed by atoms with Gasteiger partial charge in [-0.25, -0.2) is 13.1 Å². The number of hydrogen-bond donors (Lipinski definition) is 2. The molecule has 0 aliphatic rings. The predicted molar refractivity (Wildman–Crippen MR) is 81.5 cm³/mol. The number of nitrogens with one attached hydrogen (secondary N) is 2. The Morgan fingerprint density at radius 1 is 1.32 bits per heavy atom. The Hall–Kier alpha value is -0.430. The van der Waals surface area contributed by atoms with E-state index in [0.29, 0.717) is 22.5 Å². The van der Waals surface area contributed by atoms with Crippen molar-refractivity contribution in [1.29, 1.82) is 0 Å². The number of sulfonamides is 1. The molecule has 1 rings (SSSR count). The summed E-state index contributed by atoms with van der Waals surface area (Å²) in [5.74, 6) is 0.276. The van der Waals surface area contributed by atoms with Crippen LogP contribution in [0, 0.1) is 5.92 Å². The molecule has 0 saturated heterocycles. The minimum Gasteiger partial charge on any atom is -0.313 e. The van der Waals surface area contributed by atoms with Gasteiger partial charge in [-0.2, -0.15) is 0 Å². The fraction of sp³-hybridized carbons (Fsp3) is 0.538. The second-order valence-corrected chi connectivity index (χ2v) is 7.38. The lowest BCUT2D eigenvalue weighted by Crippen LogP contribution is -2.28. The van der Waals surface area contributed by atoms with Gasteiger partial charge in [0.1, 0.15) is 0 Å². The van der Waals surface area contributed by atoms with Gasteiger partial charge in [0.05, 0.1) is 4.90 Å². The van der Waals surface area contributed by atoms with Gasteiger partial charge in [0.2, 0.25) is 10.0 Å². The number of benzene rings is 1. The molecule has 0 saturated carbocycles. The fourth-order valence-corrected chi connectivity index (χ4v) is 3.71. The molecule has 0 aliphatic heterocycles. The molecule has 1 aromatic rings. The van der Waals surface area contributed by atoms with E-state index in [1.165, 1.54) is 0 Å². The van der Waals surface area contributed by atoms with E-state index in [4.69, 9.17) is 0 Å². The van der Waals surface area contributed by atoms with Gasteiger partial charge >= 0.3 is 0 Å². The van der Waals surface area contributed by atoms with E-state index in [-0.39, 0.29) is 5.92 Å². The van der Waals surface area contributed by atoms with Crippen LogP contribution in [0.1, 0.15) is 26.3 Å². The lowest BCUT2D eigenvalue weighted by atomic mass is 10.2. The maximum absolute atomic E-state index is 12.2. The number of rotatable bonds is 7. The molecule has 1 aromatic carbocycles. The SMILES string of the molecule is CCNCc1ccc(Br)c(S(=O)(=O)NCC(C)C)c1. The molecule has 0 unspecified atom stereocenters. The van der Waals surface area contributed by atoms with Crippen molar-refractivity contribution in [3.8, 4) is 0 Å². The number of hydrogen-bond acceptors (Lipinski definition) is 3. The quantitative estimate of drug-likeness (QED) is 0.795. The van der Waals surface area contributed by atoms with Crippen molar-refractivity contribution in [2.45, 2.75) is 32.2 Å². The molecule has 19 heavy (non-hydrogen) atoms. The summed E-state index contributed by atoms with van der Waals surface area (Å²) < 4.78 is 27.7. The Morgan fingerprint density at radius 3 is 2.58 bits per heavy atom. The van der Waals surface area contributed by atoms with Crippen molar-refractivity contribution >= 4 is 26.0 Å². The molecule has 108 valence electrons. The first kappa shape index (κ1) is 16.6. The van der Waals surface area contributed by atoms with Crippen molar-refractivity contribution in [3.63, 3.8) is 0 Å². The summed E-state index contributed by atoms with van der Waals surface area (Å²) in [6.07, 6.45) is 0. The van der Waals surface area contributed by atoms with Crippen LogP contribution in [0.25, 0.3) is 0 Å². The maximum Gasteiger partial charge on any atom is 0.241 e. The van der Waals surface area contributed by atoms with E-state index in [0.717, 1.165) is 12.1 Å². The summed E-state index contributed by atoms with van der Waals surface area (Å²) in [5.41, 5.74) is 0.954. The summed E-state index contributed by atoms with van der Waals surface area (Å²) in [6.45, 7) is 7.91. The van der Waals surface area contributed by atoms with Crippen LogP contribution < -0.4 is 10.0 Å². The first-order valence-corrected chi connectivity index (χ1v) is 8.63. The Bertz CT molecular complexity index is 515. The summed E-state index contributed by atoms with van der Waals surface area (Å²) in [5, 5.41) is 3.18. The molecule has 0 atom stereocenters. The average Bonchev–Trinajstić information content (AvgIpc) is 2.35. The Morgan fingerprint density at radius 2 is 2.00 bits per heavy atom. The first-order chi connectivity index (χ1) is 8.86. The normalized spacial score (nSPS) is 12.1. The number of halogens is 1. The summed E-state index contributed by atoms with van der Waals surface area (Å²) >= 11 is 3.30. The minimum atomic E-state index is -3.46. The molecule has 0 fully saturated rings. The van der Waals surface area contributed by atoms with Gasteiger partial charge in [0.25, 0.3) is 0 Å². The Labute approximate surface area is 124 Å². The zero-order chi connectivity index (χ0) is 14.5. The van der Waals surface area contributed by atoms with Crippen molar-refractivity contribution in [2.75, 3.05) is 13.1 Å². The molecule has 0 amide bonds. The van der Waals surface area contributed by atoms with Crippen LogP contribution in [0.15, 0.2) is 27.6 Å². The summed E-state index contributed by atoms with van der Waals surface area (Å²) in [6, 6.07) is 5.39. The highest BCUT2D eigenvalue weighted by atomic mass is 79.9. The minimum absolute atomic E-state index is 0.276. The molecule has 0 heterocycles. The molecule has 0 aliphatic carbocycles. The van der Waals surface area contributed by atoms with Gasteiger partial charge in [0.15, 0.2) is 0 Å². The smallest absolute Gasteiger partial charge is 0.241 e. The molecule has 0 spiro atoms. The molecule has 4 nitrogen and oxygen atoms in total. The highest BCUT2D eigenvalue weighted by Crippen LogP contribution is 2.23. The monoisotopic (exact) mass is 348 g/mol. The van der Waals surface area contributed by atoms with Crippen molar-refractivity contribution in [1.82, 2.24) is 10.0 Å². The Balaban J connectivity index is 2.97. The van der Waals surface area contributed by atoms with Crippen molar-refractivity contribution in [3.05, 3.63) is 28.2 Å². The lowest BCUT2D eigenvalue weighted by molar-refractivity contribution is 0.559. The van der Waals surface area contributed by atoms with Crippen LogP contribution in [-0.4, -0.2) is 21.5 Å². The second-order valence-electron chi connectivity index (χ2n) is 4.79. The third kappa shape index (κ3) is 5.22. The molecular formula is C13H21BrN2O2S. The van der Waals surface area contributed by atoms with Gasteiger partial charge in [-0.05, 0) is 46.1 Å². The molecule has 2 N–H and O–H groups in total. The molecular weight excluding hydrogens is 328 g/mol. The van der Waals surface area contributed by atoms with E-state index < -0.39 is 10.0 Å². The third-order valence-electron chi connectivity index (χ3n) is 2.55. The third-order valence-corrected chi connectivity index (χ3v) is 4.96. The summed E-state index contributed by atoms with van der Waals surface area (Å²) in [4.78, 5) is 0.295. The van der Waals surface area contributed by atoms with Crippen LogP contribution in [0.3, 0.4) is 0 Å². The fourth-order valence-electron chi connectivity index (χ4n) is 1.49. The molecule has 0 radical (unpaired) electrons. The van der Waals surface area contributed by atoms with E-state index in [1.807, 2.05) is 26.8 Å². The largest absolute Gasteiger partial charge is 0.313 e. The highest BCUT2D eigenvalue weighted by molar-refractivity contribution is 9.10. The maximum atomic E-state index is 12.2. The van der Waals surface area contributed by atoms with Gasteiger partial charge in [-0.1, -0.05) is 26.8 Å². The zero-order valence-electron chi connectivity index (χ0n) is 11.5. The van der Waals surface area contributed by atoms with Crippen LogP contribution in [0.4, 0.5) is 0 Å². The van der Waals surface area contributed by atoms with Crippen LogP contribution in [0.2, 0.25) is 0 Å². The van der Waals surface area contributed by atoms with E-state index in [1.54, 1.807) is 12.1 Å². The van der Waals surface area contributed by atoms with E-state index in [9.17, 15) is 8.42 Å². The molecule has 0 bridgehead atoms. The average molecular weight is 349 g/mol. The van der Waals surface area contributed by atoms with E-state index >= 15 is 0 Å². The zero-order valence-corrected chi connectivity index (χ0v) is 13.9. The molecule has 0 aromatic heterocycles. The van der Waals surface area contributed by atoms with Gasteiger partial charge < -0.3 is 5.32 Å². The lowest BCUT2D eigenvalue weighted by Gasteiger charge is -2.12. The van der Waals surface area contributed by atoms with Crippen LogP contribution in [0.5, 0.6) is 0 Å². The van der Waals surface area contributed by atoms with Crippen LogP contribution in [-0.2, 0) is 16.6 Å². The second kappa shape index (κ2) is 7.38. The van der Waals surface area contributed by atoms with Crippen molar-refractivity contribution in [2.24, 2.45) is 5.92 Å². The van der Waals surface area contributed by atoms with E-state index in [2.05, 4.69) is 26.0 Å². The van der Waals surface area contributed by atoms with Gasteiger partial charge in [-0.15, -0.1) is 0 Å². The summed E-state index contributed by atoms with van der Waals surface area (Å²) in [7, 11) is -3.46. The predicted octanol–water partition coefficient (Wildman–Crippen LogP) is 2.49. The standard InChI is InChI=1S/C13H21BrN2O2S/c1-4-15-9-11-5-6-12(14)13(7-11)19(17,18)16-8-10(2)3/h5-7,10,15-16H,4,8-9H2,1-3H3. The van der Waals surface area contributed by atoms with Gasteiger partial charge in [-0.3, -0.25) is 0 Å².